The van der Waals surface area contributed by atoms with Gasteiger partial charge in [0.25, 0.3) is 0 Å². The Balaban J connectivity index is 2.06. The van der Waals surface area contributed by atoms with E-state index in [1.165, 1.54) is 12.8 Å². The van der Waals surface area contributed by atoms with Crippen molar-refractivity contribution in [3.63, 3.8) is 0 Å². The quantitative estimate of drug-likeness (QED) is 0.516. The predicted octanol–water partition coefficient (Wildman–Crippen LogP) is 4.72. The van der Waals surface area contributed by atoms with Crippen molar-refractivity contribution in [2.75, 3.05) is 7.05 Å². The molecule has 22 heavy (non-hydrogen) atoms. The molecular formula is C17H26BrN3O. The lowest BCUT2D eigenvalue weighted by Gasteiger charge is -2.18. The van der Waals surface area contributed by atoms with Gasteiger partial charge in [0.05, 0.1) is 28.3 Å². The Bertz CT molecular complexity index is 541. The van der Waals surface area contributed by atoms with Gasteiger partial charge in [0.2, 0.25) is 5.88 Å². The van der Waals surface area contributed by atoms with E-state index >= 15 is 0 Å². The van der Waals surface area contributed by atoms with Gasteiger partial charge in [-0.3, -0.25) is 0 Å². The van der Waals surface area contributed by atoms with Crippen molar-refractivity contribution in [1.82, 2.24) is 9.88 Å². The molecule has 1 heterocycles. The van der Waals surface area contributed by atoms with Crippen LogP contribution in [-0.4, -0.2) is 35.4 Å². The van der Waals surface area contributed by atoms with E-state index in [1.54, 1.807) is 0 Å². The maximum absolute atomic E-state index is 5.98. The maximum atomic E-state index is 5.98. The molecule has 1 aromatic heterocycles. The van der Waals surface area contributed by atoms with E-state index in [0.717, 1.165) is 28.2 Å². The third-order valence-corrected chi connectivity index (χ3v) is 4.54. The van der Waals surface area contributed by atoms with Crippen LogP contribution in [0.25, 0.3) is 0 Å². The SMILES string of the molecule is Cc1nc(OC(C)CC2CC2)c(Br)cc1/N=C/N(C)C(C)C. The highest BCUT2D eigenvalue weighted by molar-refractivity contribution is 9.10. The summed E-state index contributed by atoms with van der Waals surface area (Å²) >= 11 is 3.55. The standard InChI is InChI=1S/C17H26BrN3O/c1-11(2)21(5)10-19-16-9-15(18)17(20-13(16)4)22-12(3)8-14-6-7-14/h9-12,14H,6-8H2,1-5H3/b19-10+. The van der Waals surface area contributed by atoms with Gasteiger partial charge < -0.3 is 9.64 Å². The lowest BCUT2D eigenvalue weighted by molar-refractivity contribution is 0.193. The molecule has 0 aliphatic heterocycles. The van der Waals surface area contributed by atoms with Gasteiger partial charge in [0.15, 0.2) is 0 Å². The molecule has 0 spiro atoms. The summed E-state index contributed by atoms with van der Waals surface area (Å²) in [5.41, 5.74) is 1.74. The Kier molecular flexibility index (Phi) is 5.84. The zero-order valence-electron chi connectivity index (χ0n) is 14.1. The molecule has 0 saturated heterocycles. The van der Waals surface area contributed by atoms with E-state index in [2.05, 4.69) is 51.6 Å². The van der Waals surface area contributed by atoms with Crippen LogP contribution in [0.1, 0.15) is 45.7 Å². The van der Waals surface area contributed by atoms with E-state index in [4.69, 9.17) is 4.74 Å². The Morgan fingerprint density at radius 2 is 2.14 bits per heavy atom. The maximum Gasteiger partial charge on any atom is 0.228 e. The highest BCUT2D eigenvalue weighted by Gasteiger charge is 2.25. The fourth-order valence-corrected chi connectivity index (χ4v) is 2.51. The first-order chi connectivity index (χ1) is 10.4. The molecule has 1 unspecified atom stereocenters. The third-order valence-electron chi connectivity index (χ3n) is 3.98. The predicted molar refractivity (Wildman–Crippen MR) is 95.2 cm³/mol. The molecule has 1 saturated carbocycles. The van der Waals surface area contributed by atoms with Gasteiger partial charge in [-0.15, -0.1) is 0 Å². The Morgan fingerprint density at radius 3 is 2.73 bits per heavy atom. The van der Waals surface area contributed by atoms with Gasteiger partial charge in [0.1, 0.15) is 0 Å². The van der Waals surface area contributed by atoms with Gasteiger partial charge in [-0.2, -0.15) is 0 Å². The molecule has 122 valence electrons. The minimum Gasteiger partial charge on any atom is -0.474 e. The monoisotopic (exact) mass is 367 g/mol. The molecule has 4 nitrogen and oxygen atoms in total. The summed E-state index contributed by atoms with van der Waals surface area (Å²) in [4.78, 5) is 11.1. The number of nitrogens with zero attached hydrogens (tertiary/aromatic N) is 3. The lowest BCUT2D eigenvalue weighted by atomic mass is 10.2. The topological polar surface area (TPSA) is 37.7 Å². The molecule has 1 aliphatic rings. The normalized spacial score (nSPS) is 16.3. The van der Waals surface area contributed by atoms with Crippen molar-refractivity contribution in [3.05, 3.63) is 16.2 Å². The number of aliphatic imine (C=N–C) groups is 1. The van der Waals surface area contributed by atoms with Gasteiger partial charge in [-0.25, -0.2) is 9.98 Å². The van der Waals surface area contributed by atoms with E-state index in [1.807, 2.05) is 26.4 Å². The minimum atomic E-state index is 0.206. The van der Waals surface area contributed by atoms with Crippen molar-refractivity contribution >= 4 is 28.0 Å². The third kappa shape index (κ3) is 4.97. The van der Waals surface area contributed by atoms with Gasteiger partial charge >= 0.3 is 0 Å². The summed E-state index contributed by atoms with van der Waals surface area (Å²) in [6.45, 7) is 8.34. The van der Waals surface area contributed by atoms with Gasteiger partial charge in [-0.05, 0) is 62.0 Å². The van der Waals surface area contributed by atoms with Crippen LogP contribution in [0, 0.1) is 12.8 Å². The molecule has 1 fully saturated rings. The Labute approximate surface area is 142 Å². The second-order valence-electron chi connectivity index (χ2n) is 6.49. The van der Waals surface area contributed by atoms with Crippen molar-refractivity contribution < 1.29 is 4.74 Å². The minimum absolute atomic E-state index is 0.206. The number of ether oxygens (including phenoxy) is 1. The number of rotatable bonds is 7. The molecule has 1 aromatic rings. The fraction of sp³-hybridized carbons (Fsp3) is 0.647. The smallest absolute Gasteiger partial charge is 0.228 e. The van der Waals surface area contributed by atoms with E-state index in [0.29, 0.717) is 11.9 Å². The second-order valence-corrected chi connectivity index (χ2v) is 7.35. The second kappa shape index (κ2) is 7.44. The first kappa shape index (κ1) is 17.3. The van der Waals surface area contributed by atoms with Crippen molar-refractivity contribution in [3.8, 4) is 5.88 Å². The summed E-state index contributed by atoms with van der Waals surface area (Å²) in [6.07, 6.45) is 5.86. The summed E-state index contributed by atoms with van der Waals surface area (Å²) < 4.78 is 6.84. The van der Waals surface area contributed by atoms with Gasteiger partial charge in [0, 0.05) is 13.1 Å². The highest BCUT2D eigenvalue weighted by atomic mass is 79.9. The van der Waals surface area contributed by atoms with Crippen LogP contribution in [-0.2, 0) is 0 Å². The summed E-state index contributed by atoms with van der Waals surface area (Å²) in [5.74, 6) is 1.52. The van der Waals surface area contributed by atoms with Crippen LogP contribution in [0.2, 0.25) is 0 Å². The highest BCUT2D eigenvalue weighted by Crippen LogP contribution is 2.35. The lowest BCUT2D eigenvalue weighted by Crippen LogP contribution is -2.24. The van der Waals surface area contributed by atoms with Crippen molar-refractivity contribution in [2.45, 2.75) is 59.1 Å². The zero-order chi connectivity index (χ0) is 16.3. The Morgan fingerprint density at radius 1 is 1.45 bits per heavy atom. The summed E-state index contributed by atoms with van der Waals surface area (Å²) in [7, 11) is 2.02. The fourth-order valence-electron chi connectivity index (χ4n) is 2.11. The van der Waals surface area contributed by atoms with E-state index < -0.39 is 0 Å². The molecular weight excluding hydrogens is 342 g/mol. The average Bonchev–Trinajstić information content (AvgIpc) is 3.24. The van der Waals surface area contributed by atoms with Crippen LogP contribution >= 0.6 is 15.9 Å². The summed E-state index contributed by atoms with van der Waals surface area (Å²) in [5, 5.41) is 0. The largest absolute Gasteiger partial charge is 0.474 e. The molecule has 0 amide bonds. The number of aromatic nitrogens is 1. The number of halogens is 1. The zero-order valence-corrected chi connectivity index (χ0v) is 15.7. The molecule has 1 atom stereocenters. The number of hydrogen-bond donors (Lipinski definition) is 0. The van der Waals surface area contributed by atoms with Crippen molar-refractivity contribution in [2.24, 2.45) is 10.9 Å². The van der Waals surface area contributed by atoms with Gasteiger partial charge in [-0.1, -0.05) is 12.8 Å². The van der Waals surface area contributed by atoms with Crippen LogP contribution in [0.5, 0.6) is 5.88 Å². The van der Waals surface area contributed by atoms with Crippen LogP contribution in [0.4, 0.5) is 5.69 Å². The van der Waals surface area contributed by atoms with E-state index in [-0.39, 0.29) is 6.10 Å². The molecule has 0 radical (unpaired) electrons. The Hall–Kier alpha value is -1.10. The molecule has 0 N–H and O–H groups in total. The average molecular weight is 368 g/mol. The molecule has 0 bridgehead atoms. The van der Waals surface area contributed by atoms with Crippen molar-refractivity contribution in [1.29, 1.82) is 0 Å². The summed E-state index contributed by atoms with van der Waals surface area (Å²) in [6, 6.07) is 2.40. The molecule has 0 aromatic carbocycles. The van der Waals surface area contributed by atoms with Crippen LogP contribution in [0.15, 0.2) is 15.5 Å². The molecule has 1 aliphatic carbocycles. The van der Waals surface area contributed by atoms with E-state index in [9.17, 15) is 0 Å². The van der Waals surface area contributed by atoms with Crippen LogP contribution in [0.3, 0.4) is 0 Å². The number of aryl methyl sites for hydroxylation is 1. The first-order valence-electron chi connectivity index (χ1n) is 7.96. The molecule has 2 rings (SSSR count). The first-order valence-corrected chi connectivity index (χ1v) is 8.76. The number of pyridine rings is 1. The molecule has 5 heteroatoms. The number of hydrogen-bond acceptors (Lipinski definition) is 3. The van der Waals surface area contributed by atoms with Crippen LogP contribution < -0.4 is 4.74 Å².